The van der Waals surface area contributed by atoms with Gasteiger partial charge in [0.1, 0.15) is 5.69 Å². The molecule has 0 spiro atoms. The van der Waals surface area contributed by atoms with Gasteiger partial charge in [-0.2, -0.15) is 5.10 Å². The molecule has 1 aromatic heterocycles. The molecular formula is C30H44N2O3. The number of nitrogens with one attached hydrogen (secondary N) is 1. The highest BCUT2D eigenvalue weighted by atomic mass is 16.4. The van der Waals surface area contributed by atoms with Crippen LogP contribution in [0.1, 0.15) is 108 Å². The van der Waals surface area contributed by atoms with Crippen LogP contribution in [0.5, 0.6) is 0 Å². The minimum atomic E-state index is -0.951. The lowest BCUT2D eigenvalue weighted by atomic mass is 9.36. The van der Waals surface area contributed by atoms with Gasteiger partial charge in [-0.1, -0.05) is 40.2 Å². The number of nitrogens with zero attached hydrogens (tertiary/aromatic N) is 1. The number of aromatic nitrogens is 2. The first kappa shape index (κ1) is 23.8. The summed E-state index contributed by atoms with van der Waals surface area (Å²) < 4.78 is 0. The van der Waals surface area contributed by atoms with Gasteiger partial charge in [0.05, 0.1) is 5.69 Å². The summed E-state index contributed by atoms with van der Waals surface area (Å²) in [5.74, 6) is 2.70. The first-order valence-electron chi connectivity index (χ1n) is 14.2. The molecule has 192 valence electrons. The van der Waals surface area contributed by atoms with E-state index in [0.717, 1.165) is 35.8 Å². The fraction of sp³-hybridized carbons (Fsp3) is 0.800. The van der Waals surface area contributed by atoms with E-state index in [4.69, 9.17) is 0 Å². The van der Waals surface area contributed by atoms with Gasteiger partial charge < -0.3 is 10.2 Å². The number of hydrogen-bond donors (Lipinski definition) is 3. The van der Waals surface area contributed by atoms with Gasteiger partial charge in [-0.25, -0.2) is 4.79 Å². The molecule has 5 nitrogen and oxygen atoms in total. The predicted molar refractivity (Wildman–Crippen MR) is 137 cm³/mol. The maximum absolute atomic E-state index is 11.4. The van der Waals surface area contributed by atoms with Gasteiger partial charge in [-0.05, 0) is 121 Å². The van der Waals surface area contributed by atoms with Crippen LogP contribution in [0, 0.1) is 51.2 Å². The summed E-state index contributed by atoms with van der Waals surface area (Å²) in [4.78, 5) is 11.4. The number of carboxylic acids is 1. The normalized spacial score (nSPS) is 46.1. The van der Waals surface area contributed by atoms with Gasteiger partial charge in [0.25, 0.3) is 0 Å². The van der Waals surface area contributed by atoms with Gasteiger partial charge >= 0.3 is 5.97 Å². The zero-order valence-electron chi connectivity index (χ0n) is 22.1. The summed E-state index contributed by atoms with van der Waals surface area (Å²) in [7, 11) is 0. The second kappa shape index (κ2) is 7.69. The molecule has 0 bridgehead atoms. The van der Waals surface area contributed by atoms with Crippen molar-refractivity contribution in [2.75, 3.05) is 6.61 Å². The molecular weight excluding hydrogens is 436 g/mol. The molecule has 8 atom stereocenters. The molecule has 3 N–H and O–H groups in total. The van der Waals surface area contributed by atoms with Crippen LogP contribution >= 0.6 is 0 Å². The van der Waals surface area contributed by atoms with Crippen molar-refractivity contribution >= 4 is 11.5 Å². The van der Waals surface area contributed by atoms with Crippen molar-refractivity contribution in [1.82, 2.24) is 10.2 Å². The Morgan fingerprint density at radius 3 is 2.51 bits per heavy atom. The van der Waals surface area contributed by atoms with E-state index in [9.17, 15) is 15.0 Å². The molecule has 1 aromatic rings. The number of H-pyrrole nitrogens is 1. The number of hydrogen-bond acceptors (Lipinski definition) is 3. The number of allylic oxidation sites excluding steroid dienone is 2. The first-order valence-corrected chi connectivity index (χ1v) is 14.2. The van der Waals surface area contributed by atoms with Crippen molar-refractivity contribution in [2.45, 2.75) is 91.9 Å². The minimum Gasteiger partial charge on any atom is -0.477 e. The lowest BCUT2D eigenvalue weighted by Crippen LogP contribution is -2.61. The smallest absolute Gasteiger partial charge is 0.353 e. The van der Waals surface area contributed by atoms with E-state index < -0.39 is 5.97 Å². The van der Waals surface area contributed by atoms with E-state index in [1.807, 2.05) is 0 Å². The van der Waals surface area contributed by atoms with Gasteiger partial charge in [0.2, 0.25) is 0 Å². The maximum Gasteiger partial charge on any atom is 0.353 e. The largest absolute Gasteiger partial charge is 0.477 e. The van der Waals surface area contributed by atoms with Crippen LogP contribution in [0.15, 0.2) is 12.1 Å². The molecule has 0 amide bonds. The Morgan fingerprint density at radius 1 is 1.00 bits per heavy atom. The van der Waals surface area contributed by atoms with Gasteiger partial charge in [-0.15, -0.1) is 0 Å². The highest BCUT2D eigenvalue weighted by Gasteiger charge is 2.65. The number of aromatic amines is 1. The van der Waals surface area contributed by atoms with Crippen LogP contribution in [0.2, 0.25) is 0 Å². The van der Waals surface area contributed by atoms with Crippen LogP contribution in [0.3, 0.4) is 0 Å². The molecule has 0 aliphatic heterocycles. The fourth-order valence-electron chi connectivity index (χ4n) is 11.2. The molecule has 35 heavy (non-hydrogen) atoms. The van der Waals surface area contributed by atoms with E-state index in [1.165, 1.54) is 63.4 Å². The third-order valence-corrected chi connectivity index (χ3v) is 12.7. The molecule has 0 radical (unpaired) electrons. The molecule has 4 fully saturated rings. The highest BCUT2D eigenvalue weighted by molar-refractivity contribution is 5.86. The van der Waals surface area contributed by atoms with Crippen LogP contribution in [0.4, 0.5) is 0 Å². The van der Waals surface area contributed by atoms with E-state index in [-0.39, 0.29) is 21.9 Å². The highest BCUT2D eigenvalue weighted by Crippen LogP contribution is 2.73. The van der Waals surface area contributed by atoms with Crippen molar-refractivity contribution in [1.29, 1.82) is 0 Å². The van der Waals surface area contributed by atoms with Gasteiger partial charge in [0.15, 0.2) is 0 Å². The molecule has 5 aliphatic carbocycles. The van der Waals surface area contributed by atoms with Crippen LogP contribution in [-0.2, 0) is 0 Å². The number of aliphatic hydroxyl groups is 1. The topological polar surface area (TPSA) is 86.2 Å². The number of carboxylic acid groups (broad SMARTS) is 1. The standard InChI is InChI=1S/C30H44N2O3/c1-27(2)21(22-16-23(26(34)35)32-31-22)9-13-29(4)24(27)11-14-28(3)19-10-15-30(17-33)12-5-6-20(30)18(19)7-8-25(28)29/h9,16,18-20,24-25,33H,5-8,10-15,17H2,1-4H3,(H,31,32)(H,34,35)/t18-,19?,20?,24?,25?,28-,29-,30+/m0/s1. The van der Waals surface area contributed by atoms with Crippen molar-refractivity contribution < 1.29 is 15.0 Å². The maximum atomic E-state index is 11.4. The van der Waals surface area contributed by atoms with Crippen molar-refractivity contribution in [3.05, 3.63) is 23.5 Å². The number of fused-ring (bicyclic) bond motifs is 7. The molecule has 0 aromatic carbocycles. The Hall–Kier alpha value is -1.62. The summed E-state index contributed by atoms with van der Waals surface area (Å²) in [5, 5.41) is 26.9. The second-order valence-electron chi connectivity index (χ2n) is 14.1. The van der Waals surface area contributed by atoms with Gasteiger partial charge in [0, 0.05) is 6.61 Å². The predicted octanol–water partition coefficient (Wildman–Crippen LogP) is 6.56. The number of aromatic carboxylic acids is 1. The molecule has 4 saturated carbocycles. The van der Waals surface area contributed by atoms with Crippen LogP contribution in [0.25, 0.3) is 5.57 Å². The van der Waals surface area contributed by atoms with Crippen molar-refractivity contribution in [2.24, 2.45) is 51.2 Å². The van der Waals surface area contributed by atoms with Crippen LogP contribution < -0.4 is 0 Å². The van der Waals surface area contributed by atoms with Crippen LogP contribution in [-0.4, -0.2) is 33.0 Å². The van der Waals surface area contributed by atoms with Gasteiger partial charge in [-0.3, -0.25) is 5.10 Å². The van der Waals surface area contributed by atoms with E-state index in [2.05, 4.69) is 44.0 Å². The number of rotatable bonds is 3. The third kappa shape index (κ3) is 3.09. The molecule has 5 aliphatic rings. The average molecular weight is 481 g/mol. The Morgan fingerprint density at radius 2 is 1.80 bits per heavy atom. The molecule has 1 heterocycles. The minimum absolute atomic E-state index is 0.0415. The Labute approximate surface area is 210 Å². The molecule has 6 rings (SSSR count). The summed E-state index contributed by atoms with van der Waals surface area (Å²) in [5.41, 5.74) is 3.04. The zero-order valence-corrected chi connectivity index (χ0v) is 22.1. The van der Waals surface area contributed by atoms with Crippen molar-refractivity contribution in [3.63, 3.8) is 0 Å². The summed E-state index contributed by atoms with van der Waals surface area (Å²) in [6, 6.07) is 1.72. The Balaban J connectivity index is 1.33. The summed E-state index contributed by atoms with van der Waals surface area (Å²) >= 11 is 0. The lowest BCUT2D eigenvalue weighted by Gasteiger charge is -2.68. The number of carbonyl (C=O) groups is 1. The van der Waals surface area contributed by atoms with E-state index in [1.54, 1.807) is 6.07 Å². The summed E-state index contributed by atoms with van der Waals surface area (Å²) in [6.45, 7) is 10.4. The number of aliphatic hydroxyl groups excluding tert-OH is 1. The van der Waals surface area contributed by atoms with Crippen molar-refractivity contribution in [3.8, 4) is 0 Å². The van der Waals surface area contributed by atoms with E-state index >= 15 is 0 Å². The SMILES string of the molecule is CC1(C)C(c2cc(C(=O)O)[nH]n2)=CC[C@@]2(C)C1CC[C@@]1(C)C3CC[C@@]4(CO)CCCC4[C@H]3CCC12. The fourth-order valence-corrected chi connectivity index (χ4v) is 11.2. The Bertz CT molecular complexity index is 1060. The quantitative estimate of drug-likeness (QED) is 0.457. The zero-order chi connectivity index (χ0) is 24.8. The molecule has 5 heteroatoms. The summed E-state index contributed by atoms with van der Waals surface area (Å²) in [6.07, 6.45) is 15.1. The third-order valence-electron chi connectivity index (χ3n) is 12.7. The average Bonchev–Trinajstić information content (AvgIpc) is 3.46. The monoisotopic (exact) mass is 480 g/mol. The molecule has 0 saturated heterocycles. The Kier molecular flexibility index (Phi) is 5.22. The lowest BCUT2D eigenvalue weighted by molar-refractivity contribution is -0.181. The second-order valence-corrected chi connectivity index (χ2v) is 14.1. The molecule has 4 unspecified atom stereocenters. The van der Waals surface area contributed by atoms with E-state index in [0.29, 0.717) is 17.9 Å². The first-order chi connectivity index (χ1) is 16.6.